The maximum absolute atomic E-state index is 11.0. The lowest BCUT2D eigenvalue weighted by Gasteiger charge is -2.25. The van der Waals surface area contributed by atoms with Crippen molar-refractivity contribution in [2.45, 2.75) is 0 Å². The quantitative estimate of drug-likeness (QED) is 0.298. The summed E-state index contributed by atoms with van der Waals surface area (Å²) < 4.78 is 0. The number of nitrogens with zero attached hydrogens (tertiary/aromatic N) is 3. The van der Waals surface area contributed by atoms with Gasteiger partial charge in [0.05, 0.1) is 5.69 Å². The van der Waals surface area contributed by atoms with Crippen LogP contribution in [0.1, 0.15) is 5.56 Å². The molecule has 0 radical (unpaired) electrons. The average molecular weight is 417 g/mol. The second kappa shape index (κ2) is 9.41. The smallest absolute Gasteiger partial charge is 0.346 e. The van der Waals surface area contributed by atoms with Crippen molar-refractivity contribution in [3.05, 3.63) is 114 Å². The van der Waals surface area contributed by atoms with Crippen LogP contribution in [0.3, 0.4) is 0 Å². The van der Waals surface area contributed by atoms with E-state index in [1.54, 1.807) is 18.3 Å². The van der Waals surface area contributed by atoms with Crippen LogP contribution in [0, 0.1) is 11.3 Å². The van der Waals surface area contributed by atoms with E-state index < -0.39 is 5.97 Å². The highest BCUT2D eigenvalue weighted by Gasteiger charge is 2.12. The number of carbonyl (C=O) groups is 1. The minimum Gasteiger partial charge on any atom is -0.477 e. The number of nitriles is 1. The fraction of sp³-hybridized carbons (Fsp3) is 0. The second-order valence-corrected chi connectivity index (χ2v) is 7.01. The third kappa shape index (κ3) is 4.55. The van der Waals surface area contributed by atoms with Crippen molar-refractivity contribution in [3.8, 4) is 17.3 Å². The van der Waals surface area contributed by atoms with Gasteiger partial charge in [-0.3, -0.25) is 4.98 Å². The summed E-state index contributed by atoms with van der Waals surface area (Å²) in [6, 6.07) is 33.7. The molecule has 0 unspecified atom stereocenters. The molecule has 1 aromatic heterocycles. The molecule has 0 saturated heterocycles. The Morgan fingerprint density at radius 2 is 1.38 bits per heavy atom. The highest BCUT2D eigenvalue weighted by atomic mass is 16.4. The van der Waals surface area contributed by atoms with Crippen molar-refractivity contribution < 1.29 is 9.90 Å². The molecule has 0 aliphatic carbocycles. The third-order valence-corrected chi connectivity index (χ3v) is 4.90. The molecule has 0 amide bonds. The van der Waals surface area contributed by atoms with Gasteiger partial charge in [0.25, 0.3) is 0 Å². The van der Waals surface area contributed by atoms with Crippen LogP contribution in [0.4, 0.5) is 17.1 Å². The normalized spacial score (nSPS) is 10.9. The molecule has 1 heterocycles. The van der Waals surface area contributed by atoms with E-state index >= 15 is 0 Å². The first-order valence-corrected chi connectivity index (χ1v) is 9.97. The first-order chi connectivity index (χ1) is 15.7. The molecule has 5 heteroatoms. The fourth-order valence-electron chi connectivity index (χ4n) is 3.35. The Bertz CT molecular complexity index is 1240. The van der Waals surface area contributed by atoms with Crippen molar-refractivity contribution >= 4 is 29.1 Å². The molecule has 0 aliphatic rings. The van der Waals surface area contributed by atoms with E-state index in [4.69, 9.17) is 10.4 Å². The van der Waals surface area contributed by atoms with Crippen molar-refractivity contribution in [1.82, 2.24) is 4.98 Å². The molecule has 1 N–H and O–H groups in total. The Morgan fingerprint density at radius 3 is 1.84 bits per heavy atom. The molecule has 0 fully saturated rings. The zero-order valence-electron chi connectivity index (χ0n) is 17.1. The summed E-state index contributed by atoms with van der Waals surface area (Å²) in [7, 11) is 0. The van der Waals surface area contributed by atoms with Crippen LogP contribution in [0.15, 0.2) is 109 Å². The van der Waals surface area contributed by atoms with Crippen molar-refractivity contribution in [3.63, 3.8) is 0 Å². The third-order valence-electron chi connectivity index (χ3n) is 4.90. The Kier molecular flexibility index (Phi) is 6.05. The molecule has 4 aromatic rings. The molecule has 3 aromatic carbocycles. The first-order valence-electron chi connectivity index (χ1n) is 9.97. The standard InChI is InChI=1S/C27H19N3O2/c28-18-22(27(31)32)17-20-11-16-26(29-19-20)21-12-14-25(15-13-21)30(23-7-3-1-4-8-23)24-9-5-2-6-10-24/h1-17,19H,(H,31,32)/b22-17-. The van der Waals surface area contributed by atoms with Gasteiger partial charge in [-0.15, -0.1) is 0 Å². The molecule has 0 spiro atoms. The van der Waals surface area contributed by atoms with E-state index in [0.29, 0.717) is 5.56 Å². The minimum atomic E-state index is -1.26. The number of rotatable bonds is 6. The molecule has 0 aliphatic heterocycles. The predicted octanol–water partition coefficient (Wildman–Crippen LogP) is 6.21. The summed E-state index contributed by atoms with van der Waals surface area (Å²) in [4.78, 5) is 17.6. The Labute approximate surface area is 186 Å². The molecular weight excluding hydrogens is 398 g/mol. The molecule has 0 atom stereocenters. The zero-order chi connectivity index (χ0) is 22.3. The van der Waals surface area contributed by atoms with Gasteiger partial charge in [-0.1, -0.05) is 54.6 Å². The monoisotopic (exact) mass is 417 g/mol. The number of aromatic nitrogens is 1. The predicted molar refractivity (Wildman–Crippen MR) is 126 cm³/mol. The van der Waals surface area contributed by atoms with Gasteiger partial charge in [-0.2, -0.15) is 5.26 Å². The number of aliphatic carboxylic acids is 1. The molecule has 0 saturated carbocycles. The summed E-state index contributed by atoms with van der Waals surface area (Å²) in [6.07, 6.45) is 2.86. The SMILES string of the molecule is N#C/C(=C/c1ccc(-c2ccc(N(c3ccccc3)c3ccccc3)cc2)nc1)C(=O)O. The minimum absolute atomic E-state index is 0.328. The highest BCUT2D eigenvalue weighted by molar-refractivity contribution is 5.96. The van der Waals surface area contributed by atoms with Gasteiger partial charge in [0, 0.05) is 28.8 Å². The van der Waals surface area contributed by atoms with E-state index in [9.17, 15) is 4.79 Å². The number of para-hydroxylation sites is 2. The molecule has 5 nitrogen and oxygen atoms in total. The van der Waals surface area contributed by atoms with Gasteiger partial charge in [-0.25, -0.2) is 4.79 Å². The van der Waals surface area contributed by atoms with Crippen LogP contribution in [0.2, 0.25) is 0 Å². The van der Waals surface area contributed by atoms with E-state index in [1.807, 2.05) is 66.7 Å². The van der Waals surface area contributed by atoms with E-state index in [1.165, 1.54) is 6.08 Å². The van der Waals surface area contributed by atoms with Crippen molar-refractivity contribution in [2.75, 3.05) is 4.90 Å². The van der Waals surface area contributed by atoms with Crippen molar-refractivity contribution in [2.24, 2.45) is 0 Å². The largest absolute Gasteiger partial charge is 0.477 e. The topological polar surface area (TPSA) is 77.2 Å². The Morgan fingerprint density at radius 1 is 0.812 bits per heavy atom. The zero-order valence-corrected chi connectivity index (χ0v) is 17.1. The summed E-state index contributed by atoms with van der Waals surface area (Å²) >= 11 is 0. The maximum Gasteiger partial charge on any atom is 0.346 e. The number of carboxylic acid groups (broad SMARTS) is 1. The number of benzene rings is 3. The van der Waals surface area contributed by atoms with Crippen molar-refractivity contribution in [1.29, 1.82) is 5.26 Å². The van der Waals surface area contributed by atoms with Crippen LogP contribution in [0.25, 0.3) is 17.3 Å². The fourth-order valence-corrected chi connectivity index (χ4v) is 3.35. The number of carboxylic acids is 1. The molecule has 154 valence electrons. The summed E-state index contributed by atoms with van der Waals surface area (Å²) in [5, 5.41) is 17.9. The van der Waals surface area contributed by atoms with Gasteiger partial charge in [0.15, 0.2) is 0 Å². The van der Waals surface area contributed by atoms with Gasteiger partial charge >= 0.3 is 5.97 Å². The number of anilines is 3. The molecule has 0 bridgehead atoms. The highest BCUT2D eigenvalue weighted by Crippen LogP contribution is 2.34. The number of pyridine rings is 1. The van der Waals surface area contributed by atoms with Gasteiger partial charge in [-0.05, 0) is 54.1 Å². The van der Waals surface area contributed by atoms with E-state index in [0.717, 1.165) is 28.3 Å². The van der Waals surface area contributed by atoms with E-state index in [2.05, 4.69) is 34.1 Å². The van der Waals surface area contributed by atoms with Crippen LogP contribution < -0.4 is 4.90 Å². The van der Waals surface area contributed by atoms with Gasteiger partial charge in [0.1, 0.15) is 11.6 Å². The lowest BCUT2D eigenvalue weighted by Crippen LogP contribution is -2.09. The molecular formula is C27H19N3O2. The lowest BCUT2D eigenvalue weighted by molar-refractivity contribution is -0.132. The summed E-state index contributed by atoms with van der Waals surface area (Å²) in [5.41, 5.74) is 5.07. The van der Waals surface area contributed by atoms with Crippen LogP contribution in [-0.4, -0.2) is 16.1 Å². The first kappa shape index (κ1) is 20.6. The summed E-state index contributed by atoms with van der Waals surface area (Å²) in [5.74, 6) is -1.26. The maximum atomic E-state index is 11.0. The molecule has 32 heavy (non-hydrogen) atoms. The second-order valence-electron chi connectivity index (χ2n) is 7.01. The molecule has 4 rings (SSSR count). The average Bonchev–Trinajstić information content (AvgIpc) is 2.85. The number of hydrogen-bond acceptors (Lipinski definition) is 4. The van der Waals surface area contributed by atoms with Crippen LogP contribution >= 0.6 is 0 Å². The summed E-state index contributed by atoms with van der Waals surface area (Å²) in [6.45, 7) is 0. The van der Waals surface area contributed by atoms with Gasteiger partial charge in [0.2, 0.25) is 0 Å². The van der Waals surface area contributed by atoms with Crippen LogP contribution in [0.5, 0.6) is 0 Å². The number of hydrogen-bond donors (Lipinski definition) is 1. The van der Waals surface area contributed by atoms with E-state index in [-0.39, 0.29) is 5.57 Å². The van der Waals surface area contributed by atoms with Gasteiger partial charge < -0.3 is 10.0 Å². The Hall–Kier alpha value is -4.69. The Balaban J connectivity index is 1.63. The lowest BCUT2D eigenvalue weighted by atomic mass is 10.1. The van der Waals surface area contributed by atoms with Crippen LogP contribution in [-0.2, 0) is 4.79 Å².